The molecule has 0 saturated carbocycles. The van der Waals surface area contributed by atoms with Crippen molar-refractivity contribution in [3.8, 4) is 0 Å². The molecule has 5 heteroatoms. The molecule has 0 unspecified atom stereocenters. The normalized spacial score (nSPS) is 9.77. The molecule has 2 nitrogen and oxygen atoms in total. The summed E-state index contributed by atoms with van der Waals surface area (Å²) in [6.45, 7) is 0. The Morgan fingerprint density at radius 3 is 2.08 bits per heavy atom. The molecule has 0 fully saturated rings. The zero-order valence-electron chi connectivity index (χ0n) is 6.18. The average molecular weight is 420 g/mol. The molecule has 1 rings (SSSR count). The number of halogens is 3. The smallest absolute Gasteiger partial charge is 0.223 e. The molecule has 0 amide bonds. The number of benzene rings is 1. The minimum atomic E-state index is -0.180. The van der Waals surface area contributed by atoms with Crippen LogP contribution in [0.25, 0.3) is 0 Å². The molecule has 1 aromatic carbocycles. The Morgan fingerprint density at radius 1 is 1.08 bits per heavy atom. The summed E-state index contributed by atoms with van der Waals surface area (Å²) < 4.78 is -0.339. The van der Waals surface area contributed by atoms with E-state index in [2.05, 4.69) is 0 Å². The molecule has 13 heavy (non-hydrogen) atoms. The second-order valence-electron chi connectivity index (χ2n) is 2.24. The zero-order valence-corrected chi connectivity index (χ0v) is 11.3. The third-order valence-electron chi connectivity index (χ3n) is 1.41. The maximum Gasteiger partial charge on any atom is 0.223 e. The van der Waals surface area contributed by atoms with Crippen molar-refractivity contribution in [3.05, 3.63) is 34.3 Å². The van der Waals surface area contributed by atoms with Gasteiger partial charge in [0.15, 0.2) is 0 Å². The quantitative estimate of drug-likeness (QED) is 0.542. The van der Waals surface area contributed by atoms with E-state index in [4.69, 9.17) is 11.6 Å². The van der Waals surface area contributed by atoms with E-state index in [1.807, 2.05) is 0 Å². The molecule has 1 aromatic rings. The van der Waals surface area contributed by atoms with E-state index in [-0.39, 0.29) is 7.58 Å². The zero-order chi connectivity index (χ0) is 10.0. The van der Waals surface area contributed by atoms with Gasteiger partial charge in [0.2, 0.25) is 7.58 Å². The molecule has 68 valence electrons. The van der Waals surface area contributed by atoms with Gasteiger partial charge < -0.3 is 0 Å². The highest BCUT2D eigenvalue weighted by atomic mass is 127. The van der Waals surface area contributed by atoms with Crippen molar-refractivity contribution >= 4 is 64.4 Å². The summed E-state index contributed by atoms with van der Waals surface area (Å²) in [7, 11) is 0. The molecule has 0 atom stereocenters. The number of hydrogen-bond acceptors (Lipinski definition) is 2. The van der Waals surface area contributed by atoms with Gasteiger partial charge in [-0.3, -0.25) is 9.59 Å². The van der Waals surface area contributed by atoms with Gasteiger partial charge in [-0.2, -0.15) is 0 Å². The van der Waals surface area contributed by atoms with Gasteiger partial charge in [-0.1, -0.05) is 11.6 Å². The highest BCUT2D eigenvalue weighted by Crippen LogP contribution is 2.20. The molecule has 0 heterocycles. The van der Waals surface area contributed by atoms with Crippen LogP contribution in [0.3, 0.4) is 0 Å². The molecular formula is C8H3ClI2O2. The molecule has 0 N–H and O–H groups in total. The Bertz CT molecular complexity index is 376. The minimum absolute atomic E-state index is 0.158. The topological polar surface area (TPSA) is 34.1 Å². The fraction of sp³-hybridized carbons (Fsp3) is 0. The highest BCUT2D eigenvalue weighted by molar-refractivity contribution is 14.1. The Morgan fingerprint density at radius 2 is 1.62 bits per heavy atom. The van der Waals surface area contributed by atoms with Crippen LogP contribution in [-0.2, 0) is 0 Å². The summed E-state index contributed by atoms with van der Waals surface area (Å²) >= 11 is 8.97. The first-order valence-corrected chi connectivity index (χ1v) is 5.75. The monoisotopic (exact) mass is 420 g/mol. The lowest BCUT2D eigenvalue weighted by molar-refractivity contribution is 0.107. The van der Waals surface area contributed by atoms with Crippen molar-refractivity contribution in [2.24, 2.45) is 0 Å². The molecular weight excluding hydrogens is 417 g/mol. The van der Waals surface area contributed by atoms with Crippen LogP contribution in [0.5, 0.6) is 0 Å². The fourth-order valence-corrected chi connectivity index (χ4v) is 1.94. The lowest BCUT2D eigenvalue weighted by Crippen LogP contribution is -1.99. The van der Waals surface area contributed by atoms with Gasteiger partial charge in [0, 0.05) is 61.3 Å². The summed E-state index contributed by atoms with van der Waals surface area (Å²) in [5.41, 5.74) is 0.775. The lowest BCUT2D eigenvalue weighted by atomic mass is 10.1. The number of carbonyl (C=O) groups is 2. The van der Waals surface area contributed by atoms with Crippen LogP contribution >= 0.6 is 56.8 Å². The van der Waals surface area contributed by atoms with E-state index in [1.165, 1.54) is 6.07 Å². The van der Waals surface area contributed by atoms with Crippen LogP contribution < -0.4 is 0 Å². The molecule has 0 saturated heterocycles. The van der Waals surface area contributed by atoms with Crippen LogP contribution in [0.4, 0.5) is 0 Å². The number of carbonyl (C=O) groups excluding carboxylic acids is 2. The maximum atomic E-state index is 11.1. The van der Waals surface area contributed by atoms with Crippen molar-refractivity contribution in [2.45, 2.75) is 0 Å². The summed E-state index contributed by atoms with van der Waals surface area (Å²) in [6.07, 6.45) is 0. The SMILES string of the molecule is O=C(I)c1ccc(Cl)cc1C(=O)I. The third kappa shape index (κ3) is 2.88. The third-order valence-corrected chi connectivity index (χ3v) is 2.80. The van der Waals surface area contributed by atoms with E-state index in [0.717, 1.165) is 0 Å². The van der Waals surface area contributed by atoms with Gasteiger partial charge in [0.25, 0.3) is 0 Å². The van der Waals surface area contributed by atoms with Gasteiger partial charge >= 0.3 is 0 Å². The number of rotatable bonds is 2. The highest BCUT2D eigenvalue weighted by Gasteiger charge is 2.13. The van der Waals surface area contributed by atoms with Crippen molar-refractivity contribution in [2.75, 3.05) is 0 Å². The molecule has 0 aliphatic carbocycles. The van der Waals surface area contributed by atoms with E-state index < -0.39 is 0 Å². The first-order chi connectivity index (χ1) is 6.02. The standard InChI is InChI=1S/C8H3ClI2O2/c9-4-1-2-5(7(10)12)6(3-4)8(11)13/h1-3H. The molecule has 0 aliphatic rings. The fourth-order valence-electron chi connectivity index (χ4n) is 0.850. The van der Waals surface area contributed by atoms with Gasteiger partial charge in [-0.05, 0) is 18.2 Å². The van der Waals surface area contributed by atoms with Crippen LogP contribution in [-0.4, -0.2) is 7.58 Å². The predicted octanol–water partition coefficient (Wildman–Crippen LogP) is 3.49. The van der Waals surface area contributed by atoms with E-state index >= 15 is 0 Å². The summed E-state index contributed by atoms with van der Waals surface area (Å²) in [4.78, 5) is 22.2. The Hall–Kier alpha value is 0.310. The maximum absolute atomic E-state index is 11.1. The van der Waals surface area contributed by atoms with Crippen molar-refractivity contribution in [1.82, 2.24) is 0 Å². The van der Waals surface area contributed by atoms with Crippen LogP contribution in [0.15, 0.2) is 18.2 Å². The second-order valence-corrected chi connectivity index (χ2v) is 4.63. The largest absolute Gasteiger partial charge is 0.282 e. The van der Waals surface area contributed by atoms with Crippen molar-refractivity contribution in [3.63, 3.8) is 0 Å². The Kier molecular flexibility index (Phi) is 4.11. The van der Waals surface area contributed by atoms with E-state index in [9.17, 15) is 9.59 Å². The van der Waals surface area contributed by atoms with Crippen molar-refractivity contribution < 1.29 is 9.59 Å². The van der Waals surface area contributed by atoms with Gasteiger partial charge in [0.05, 0.1) is 0 Å². The first-order valence-electron chi connectivity index (χ1n) is 3.21. The first kappa shape index (κ1) is 11.4. The molecule has 0 bridgehead atoms. The molecule has 0 radical (unpaired) electrons. The van der Waals surface area contributed by atoms with Gasteiger partial charge in [-0.15, -0.1) is 0 Å². The van der Waals surface area contributed by atoms with E-state index in [0.29, 0.717) is 16.1 Å². The van der Waals surface area contributed by atoms with Crippen LogP contribution in [0, 0.1) is 0 Å². The molecule has 0 aromatic heterocycles. The second kappa shape index (κ2) is 4.70. The summed E-state index contributed by atoms with van der Waals surface area (Å²) in [6, 6.07) is 4.65. The van der Waals surface area contributed by atoms with Gasteiger partial charge in [0.1, 0.15) is 0 Å². The Balaban J connectivity index is 3.35. The molecule has 0 spiro atoms. The Labute approximate surface area is 107 Å². The average Bonchev–Trinajstić information content (AvgIpc) is 2.03. The summed E-state index contributed by atoms with van der Waals surface area (Å²) in [5.74, 6) is 0. The minimum Gasteiger partial charge on any atom is -0.282 e. The van der Waals surface area contributed by atoms with Crippen LogP contribution in [0.1, 0.15) is 20.7 Å². The van der Waals surface area contributed by atoms with Crippen molar-refractivity contribution in [1.29, 1.82) is 0 Å². The predicted molar refractivity (Wildman–Crippen MR) is 68.2 cm³/mol. The molecule has 0 aliphatic heterocycles. The van der Waals surface area contributed by atoms with E-state index in [1.54, 1.807) is 57.3 Å². The lowest BCUT2D eigenvalue weighted by Gasteiger charge is -2.01. The summed E-state index contributed by atoms with van der Waals surface area (Å²) in [5, 5.41) is 0.460. The van der Waals surface area contributed by atoms with Crippen LogP contribution in [0.2, 0.25) is 5.02 Å². The number of hydrogen-bond donors (Lipinski definition) is 0. The van der Waals surface area contributed by atoms with Gasteiger partial charge in [-0.25, -0.2) is 0 Å².